The van der Waals surface area contributed by atoms with E-state index in [-0.39, 0.29) is 11.5 Å². The molecular weight excluding hydrogens is 198 g/mol. The van der Waals surface area contributed by atoms with E-state index >= 15 is 0 Å². The fraction of sp³-hybridized carbons (Fsp3) is 0.571. The molecule has 1 aliphatic carbocycles. The molecule has 2 nitrogen and oxygen atoms in total. The molecule has 3 N–H and O–H groups in total. The molecule has 1 aliphatic rings. The quantitative estimate of drug-likeness (QED) is 0.803. The van der Waals surface area contributed by atoms with E-state index in [4.69, 9.17) is 5.73 Å². The van der Waals surface area contributed by atoms with Gasteiger partial charge in [0.15, 0.2) is 0 Å². The monoisotopic (exact) mass is 219 g/mol. The predicted octanol–water partition coefficient (Wildman–Crippen LogP) is 3.10. The van der Waals surface area contributed by atoms with E-state index in [0.717, 1.165) is 11.1 Å². The van der Waals surface area contributed by atoms with Crippen molar-refractivity contribution < 1.29 is 5.11 Å². The van der Waals surface area contributed by atoms with Gasteiger partial charge in [0.05, 0.1) is 0 Å². The van der Waals surface area contributed by atoms with Gasteiger partial charge >= 0.3 is 0 Å². The van der Waals surface area contributed by atoms with Crippen molar-refractivity contribution in [3.05, 3.63) is 29.3 Å². The molecule has 0 aliphatic heterocycles. The lowest BCUT2D eigenvalue weighted by atomic mass is 9.84. The molecule has 1 aromatic rings. The van der Waals surface area contributed by atoms with E-state index in [0.29, 0.717) is 11.7 Å². The number of rotatable bonds is 2. The van der Waals surface area contributed by atoms with Gasteiger partial charge in [0.2, 0.25) is 0 Å². The van der Waals surface area contributed by atoms with E-state index in [1.807, 2.05) is 6.07 Å². The van der Waals surface area contributed by atoms with Crippen molar-refractivity contribution in [2.75, 3.05) is 0 Å². The fourth-order valence-corrected chi connectivity index (χ4v) is 2.09. The van der Waals surface area contributed by atoms with Crippen LogP contribution < -0.4 is 5.73 Å². The Kier molecular flexibility index (Phi) is 2.70. The summed E-state index contributed by atoms with van der Waals surface area (Å²) in [7, 11) is 0. The summed E-state index contributed by atoms with van der Waals surface area (Å²) in [6.45, 7) is 6.32. The van der Waals surface area contributed by atoms with Crippen LogP contribution in [0.15, 0.2) is 18.2 Å². The van der Waals surface area contributed by atoms with Crippen molar-refractivity contribution in [2.24, 2.45) is 11.7 Å². The molecule has 0 radical (unpaired) electrons. The van der Waals surface area contributed by atoms with Crippen molar-refractivity contribution in [2.45, 2.75) is 45.1 Å². The van der Waals surface area contributed by atoms with Crippen LogP contribution in [-0.4, -0.2) is 5.11 Å². The SMILES string of the molecule is CC(C)(C)c1cc(C(N)C2CC2)ccc1O. The number of aromatic hydroxyl groups is 1. The lowest BCUT2D eigenvalue weighted by Crippen LogP contribution is -2.16. The molecular formula is C14H21NO. The van der Waals surface area contributed by atoms with Gasteiger partial charge in [-0.15, -0.1) is 0 Å². The molecule has 0 heterocycles. The van der Waals surface area contributed by atoms with Crippen molar-refractivity contribution in [1.29, 1.82) is 0 Å². The molecule has 1 atom stereocenters. The Morgan fingerprint density at radius 3 is 2.44 bits per heavy atom. The molecule has 1 saturated carbocycles. The van der Waals surface area contributed by atoms with Gasteiger partial charge in [-0.1, -0.05) is 32.9 Å². The summed E-state index contributed by atoms with van der Waals surface area (Å²) in [5, 5.41) is 9.87. The van der Waals surface area contributed by atoms with Gasteiger partial charge in [0, 0.05) is 6.04 Å². The average Bonchev–Trinajstić information content (AvgIpc) is 2.98. The zero-order valence-corrected chi connectivity index (χ0v) is 10.3. The highest BCUT2D eigenvalue weighted by Gasteiger charge is 2.30. The first-order valence-electron chi connectivity index (χ1n) is 5.98. The van der Waals surface area contributed by atoms with Crippen LogP contribution in [-0.2, 0) is 5.41 Å². The third-order valence-corrected chi connectivity index (χ3v) is 3.34. The maximum absolute atomic E-state index is 9.87. The first kappa shape index (κ1) is 11.5. The maximum Gasteiger partial charge on any atom is 0.119 e. The second-order valence-electron chi connectivity index (χ2n) is 5.89. The Hall–Kier alpha value is -1.02. The van der Waals surface area contributed by atoms with Gasteiger partial charge in [0.1, 0.15) is 5.75 Å². The van der Waals surface area contributed by atoms with Crippen molar-refractivity contribution >= 4 is 0 Å². The molecule has 0 saturated heterocycles. The predicted molar refractivity (Wildman–Crippen MR) is 66.5 cm³/mol. The van der Waals surface area contributed by atoms with E-state index in [2.05, 4.69) is 26.8 Å². The topological polar surface area (TPSA) is 46.2 Å². The summed E-state index contributed by atoms with van der Waals surface area (Å²) in [4.78, 5) is 0. The summed E-state index contributed by atoms with van der Waals surface area (Å²) >= 11 is 0. The standard InChI is InChI=1S/C14H21NO/c1-14(2,3)11-8-10(6-7-12(11)16)13(15)9-4-5-9/h6-9,13,16H,4-5,15H2,1-3H3. The summed E-state index contributed by atoms with van der Waals surface area (Å²) in [5.41, 5.74) is 8.29. The lowest BCUT2D eigenvalue weighted by molar-refractivity contribution is 0.445. The van der Waals surface area contributed by atoms with Crippen LogP contribution in [0.25, 0.3) is 0 Å². The van der Waals surface area contributed by atoms with E-state index in [1.54, 1.807) is 6.07 Å². The highest BCUT2D eigenvalue weighted by atomic mass is 16.3. The summed E-state index contributed by atoms with van der Waals surface area (Å²) < 4.78 is 0. The summed E-state index contributed by atoms with van der Waals surface area (Å²) in [6, 6.07) is 5.94. The number of phenols is 1. The molecule has 88 valence electrons. The van der Waals surface area contributed by atoms with Gasteiger partial charge in [-0.25, -0.2) is 0 Å². The second-order valence-corrected chi connectivity index (χ2v) is 5.89. The minimum atomic E-state index is -0.0383. The molecule has 0 bridgehead atoms. The van der Waals surface area contributed by atoms with Gasteiger partial charge < -0.3 is 10.8 Å². The Balaban J connectivity index is 2.34. The van der Waals surface area contributed by atoms with Crippen LogP contribution in [0, 0.1) is 5.92 Å². The minimum absolute atomic E-state index is 0.0383. The zero-order valence-electron chi connectivity index (χ0n) is 10.3. The first-order chi connectivity index (χ1) is 7.39. The van der Waals surface area contributed by atoms with Crippen LogP contribution in [0.1, 0.15) is 50.8 Å². The largest absolute Gasteiger partial charge is 0.508 e. The van der Waals surface area contributed by atoms with Crippen molar-refractivity contribution in [3.63, 3.8) is 0 Å². The van der Waals surface area contributed by atoms with Crippen molar-refractivity contribution in [1.82, 2.24) is 0 Å². The molecule has 0 spiro atoms. The molecule has 2 rings (SSSR count). The third kappa shape index (κ3) is 2.22. The van der Waals surface area contributed by atoms with Crippen LogP contribution in [0.5, 0.6) is 5.75 Å². The molecule has 2 heteroatoms. The third-order valence-electron chi connectivity index (χ3n) is 3.34. The zero-order chi connectivity index (χ0) is 11.9. The van der Waals surface area contributed by atoms with Gasteiger partial charge in [0.25, 0.3) is 0 Å². The maximum atomic E-state index is 9.87. The Bertz CT molecular complexity index is 388. The van der Waals surface area contributed by atoms with Gasteiger partial charge in [-0.3, -0.25) is 0 Å². The highest BCUT2D eigenvalue weighted by molar-refractivity contribution is 5.41. The Morgan fingerprint density at radius 2 is 1.94 bits per heavy atom. The van der Waals surface area contributed by atoms with Crippen LogP contribution in [0.3, 0.4) is 0 Å². The fourth-order valence-electron chi connectivity index (χ4n) is 2.09. The van der Waals surface area contributed by atoms with E-state index in [1.165, 1.54) is 12.8 Å². The Labute approximate surface area is 97.5 Å². The normalized spacial score (nSPS) is 18.5. The smallest absolute Gasteiger partial charge is 0.119 e. The van der Waals surface area contributed by atoms with Crippen LogP contribution in [0.2, 0.25) is 0 Å². The number of hydrogen-bond acceptors (Lipinski definition) is 2. The number of hydrogen-bond donors (Lipinski definition) is 2. The molecule has 1 aromatic carbocycles. The lowest BCUT2D eigenvalue weighted by Gasteiger charge is -2.22. The summed E-state index contributed by atoms with van der Waals surface area (Å²) in [5.74, 6) is 1.02. The van der Waals surface area contributed by atoms with Crippen LogP contribution >= 0.6 is 0 Å². The Morgan fingerprint density at radius 1 is 1.31 bits per heavy atom. The first-order valence-corrected chi connectivity index (χ1v) is 5.98. The van der Waals surface area contributed by atoms with E-state index < -0.39 is 0 Å². The minimum Gasteiger partial charge on any atom is -0.508 e. The molecule has 0 aromatic heterocycles. The van der Waals surface area contributed by atoms with E-state index in [9.17, 15) is 5.11 Å². The molecule has 1 fully saturated rings. The molecule has 1 unspecified atom stereocenters. The molecule has 16 heavy (non-hydrogen) atoms. The highest BCUT2D eigenvalue weighted by Crippen LogP contribution is 2.41. The summed E-state index contributed by atoms with van der Waals surface area (Å²) in [6.07, 6.45) is 2.49. The number of benzene rings is 1. The average molecular weight is 219 g/mol. The number of nitrogens with two attached hydrogens (primary N) is 1. The second kappa shape index (κ2) is 3.77. The van der Waals surface area contributed by atoms with Gasteiger partial charge in [-0.2, -0.15) is 0 Å². The molecule has 0 amide bonds. The van der Waals surface area contributed by atoms with Crippen LogP contribution in [0.4, 0.5) is 0 Å². The van der Waals surface area contributed by atoms with Gasteiger partial charge in [-0.05, 0) is 41.4 Å². The number of phenolic OH excluding ortho intramolecular Hbond substituents is 1. The van der Waals surface area contributed by atoms with Crippen molar-refractivity contribution in [3.8, 4) is 5.75 Å².